The van der Waals surface area contributed by atoms with E-state index in [9.17, 15) is 10.1 Å². The molecular formula is C25H20Cl2N2O3. The number of benzene rings is 3. The van der Waals surface area contributed by atoms with Crippen LogP contribution in [0.15, 0.2) is 60.7 Å². The lowest BCUT2D eigenvalue weighted by molar-refractivity contribution is -0.118. The van der Waals surface area contributed by atoms with Gasteiger partial charge in [0.05, 0.1) is 23.8 Å². The molecule has 0 aliphatic heterocycles. The van der Waals surface area contributed by atoms with E-state index in [1.54, 1.807) is 42.5 Å². The van der Waals surface area contributed by atoms with E-state index in [1.807, 2.05) is 31.2 Å². The minimum Gasteiger partial charge on any atom is -0.493 e. The number of methoxy groups -OCH3 is 1. The second kappa shape index (κ2) is 10.7. The van der Waals surface area contributed by atoms with Gasteiger partial charge in [0, 0.05) is 16.3 Å². The van der Waals surface area contributed by atoms with Crippen LogP contribution in [0.5, 0.6) is 11.5 Å². The Morgan fingerprint density at radius 2 is 1.91 bits per heavy atom. The molecule has 0 aromatic heterocycles. The molecule has 162 valence electrons. The van der Waals surface area contributed by atoms with Gasteiger partial charge in [-0.05, 0) is 60.5 Å². The molecule has 1 N–H and O–H groups in total. The predicted molar refractivity (Wildman–Crippen MR) is 128 cm³/mol. The van der Waals surface area contributed by atoms with Crippen molar-refractivity contribution in [3.8, 4) is 17.6 Å². The van der Waals surface area contributed by atoms with Crippen molar-refractivity contribution in [3.63, 3.8) is 0 Å². The fourth-order valence-corrected chi connectivity index (χ4v) is 3.51. The Morgan fingerprint density at radius 3 is 2.59 bits per heavy atom. The molecule has 3 rings (SSSR count). The Labute approximate surface area is 196 Å². The number of ether oxygens (including phenoxy) is 2. The van der Waals surface area contributed by atoms with Gasteiger partial charge in [0.1, 0.15) is 0 Å². The highest BCUT2D eigenvalue weighted by atomic mass is 35.5. The number of anilines is 1. The van der Waals surface area contributed by atoms with Crippen molar-refractivity contribution >= 4 is 46.4 Å². The summed E-state index contributed by atoms with van der Waals surface area (Å²) in [6, 6.07) is 19.8. The van der Waals surface area contributed by atoms with E-state index in [-0.39, 0.29) is 12.5 Å². The quantitative estimate of drug-likeness (QED) is 0.323. The highest BCUT2D eigenvalue weighted by Crippen LogP contribution is 2.32. The maximum atomic E-state index is 12.2. The summed E-state index contributed by atoms with van der Waals surface area (Å²) in [5.74, 6) is 0.555. The molecular weight excluding hydrogens is 447 g/mol. The molecule has 0 radical (unpaired) electrons. The number of rotatable bonds is 7. The smallest absolute Gasteiger partial charge is 0.262 e. The molecule has 0 fully saturated rings. The maximum Gasteiger partial charge on any atom is 0.262 e. The van der Waals surface area contributed by atoms with Crippen LogP contribution in [0.4, 0.5) is 5.69 Å². The van der Waals surface area contributed by atoms with Gasteiger partial charge in [0.15, 0.2) is 18.1 Å². The van der Waals surface area contributed by atoms with Gasteiger partial charge >= 0.3 is 0 Å². The van der Waals surface area contributed by atoms with Gasteiger partial charge < -0.3 is 14.8 Å². The van der Waals surface area contributed by atoms with Crippen LogP contribution in [0.1, 0.15) is 16.7 Å². The van der Waals surface area contributed by atoms with E-state index in [4.69, 9.17) is 32.7 Å². The fraction of sp³-hybridized carbons (Fsp3) is 0.120. The number of carbonyl (C=O) groups excluding carboxylic acids is 1. The van der Waals surface area contributed by atoms with Crippen molar-refractivity contribution < 1.29 is 14.3 Å². The Bertz CT molecular complexity index is 1220. The lowest BCUT2D eigenvalue weighted by Gasteiger charge is -2.12. The number of halogens is 2. The average Bonchev–Trinajstić information content (AvgIpc) is 2.76. The number of hydrogen-bond acceptors (Lipinski definition) is 4. The van der Waals surface area contributed by atoms with E-state index in [0.717, 1.165) is 5.56 Å². The van der Waals surface area contributed by atoms with Gasteiger partial charge in [-0.1, -0.05) is 47.5 Å². The van der Waals surface area contributed by atoms with Crippen LogP contribution in [-0.4, -0.2) is 19.6 Å². The summed E-state index contributed by atoms with van der Waals surface area (Å²) in [5.41, 5.74) is 3.41. The van der Waals surface area contributed by atoms with Crippen LogP contribution in [-0.2, 0) is 4.79 Å². The molecule has 0 unspecified atom stereocenters. The van der Waals surface area contributed by atoms with Crippen molar-refractivity contribution in [2.24, 2.45) is 0 Å². The van der Waals surface area contributed by atoms with Crippen LogP contribution >= 0.6 is 23.2 Å². The number of nitriles is 1. The number of nitrogens with one attached hydrogen (secondary N) is 1. The van der Waals surface area contributed by atoms with E-state index < -0.39 is 0 Å². The van der Waals surface area contributed by atoms with Crippen molar-refractivity contribution in [3.05, 3.63) is 87.4 Å². The summed E-state index contributed by atoms with van der Waals surface area (Å²) in [6.07, 6.45) is 1.69. The third kappa shape index (κ3) is 6.04. The zero-order valence-corrected chi connectivity index (χ0v) is 19.0. The van der Waals surface area contributed by atoms with Gasteiger partial charge in [-0.3, -0.25) is 4.79 Å². The molecule has 0 aliphatic rings. The monoisotopic (exact) mass is 466 g/mol. The van der Waals surface area contributed by atoms with Crippen molar-refractivity contribution in [2.45, 2.75) is 6.92 Å². The van der Waals surface area contributed by atoms with E-state index >= 15 is 0 Å². The molecule has 3 aromatic carbocycles. The molecule has 7 heteroatoms. The predicted octanol–water partition coefficient (Wildman–Crippen LogP) is 6.39. The number of carbonyl (C=O) groups is 1. The van der Waals surface area contributed by atoms with Crippen LogP contribution in [0.2, 0.25) is 10.0 Å². The molecule has 3 aromatic rings. The van der Waals surface area contributed by atoms with Crippen LogP contribution < -0.4 is 14.8 Å². The minimum absolute atomic E-state index is 0.177. The minimum atomic E-state index is -0.286. The molecule has 1 amide bonds. The number of hydrogen-bond donors (Lipinski definition) is 1. The standard InChI is InChI=1S/C25H20Cl2N2O3/c1-16-4-3-5-20(10-16)29-25(30)15-32-23-9-6-17(12-24(23)31-2)11-18(14-28)21-8-7-19(26)13-22(21)27/h3-13H,15H2,1-2H3,(H,29,30)/b18-11+. The molecule has 0 saturated carbocycles. The average molecular weight is 467 g/mol. The summed E-state index contributed by atoms with van der Waals surface area (Å²) in [5, 5.41) is 13.3. The fourth-order valence-electron chi connectivity index (χ4n) is 3.00. The zero-order chi connectivity index (χ0) is 23.1. The molecule has 0 aliphatic carbocycles. The highest BCUT2D eigenvalue weighted by molar-refractivity contribution is 6.36. The summed E-state index contributed by atoms with van der Waals surface area (Å²) in [7, 11) is 1.50. The van der Waals surface area contributed by atoms with Gasteiger partial charge in [-0.15, -0.1) is 0 Å². The SMILES string of the molecule is COc1cc(/C=C(\C#N)c2ccc(Cl)cc2Cl)ccc1OCC(=O)Nc1cccc(C)c1. The number of amides is 1. The van der Waals surface area contributed by atoms with Gasteiger partial charge in [-0.2, -0.15) is 5.26 Å². The first-order valence-electron chi connectivity index (χ1n) is 9.64. The van der Waals surface area contributed by atoms with E-state index in [1.165, 1.54) is 7.11 Å². The highest BCUT2D eigenvalue weighted by Gasteiger charge is 2.11. The normalized spacial score (nSPS) is 10.9. The zero-order valence-electron chi connectivity index (χ0n) is 17.5. The summed E-state index contributed by atoms with van der Waals surface area (Å²) < 4.78 is 11.0. The molecule has 0 spiro atoms. The third-order valence-corrected chi connectivity index (χ3v) is 5.05. The summed E-state index contributed by atoms with van der Waals surface area (Å²) in [4.78, 5) is 12.2. The number of allylic oxidation sites excluding steroid dienone is 1. The first kappa shape index (κ1) is 23.2. The lowest BCUT2D eigenvalue weighted by Crippen LogP contribution is -2.20. The van der Waals surface area contributed by atoms with Gasteiger partial charge in [-0.25, -0.2) is 0 Å². The molecule has 5 nitrogen and oxygen atoms in total. The Kier molecular flexibility index (Phi) is 7.77. The first-order valence-corrected chi connectivity index (χ1v) is 10.4. The van der Waals surface area contributed by atoms with Crippen LogP contribution in [0, 0.1) is 18.3 Å². The van der Waals surface area contributed by atoms with Crippen molar-refractivity contribution in [1.29, 1.82) is 5.26 Å². The molecule has 0 saturated heterocycles. The Balaban J connectivity index is 1.74. The van der Waals surface area contributed by atoms with Gasteiger partial charge in [0.25, 0.3) is 5.91 Å². The molecule has 32 heavy (non-hydrogen) atoms. The maximum absolute atomic E-state index is 12.2. The topological polar surface area (TPSA) is 71.3 Å². The van der Waals surface area contributed by atoms with E-state index in [0.29, 0.717) is 43.9 Å². The molecule has 0 heterocycles. The number of aryl methyl sites for hydroxylation is 1. The van der Waals surface area contributed by atoms with E-state index in [2.05, 4.69) is 11.4 Å². The van der Waals surface area contributed by atoms with Crippen LogP contribution in [0.25, 0.3) is 11.6 Å². The second-order valence-electron chi connectivity index (χ2n) is 6.91. The molecule has 0 atom stereocenters. The van der Waals surface area contributed by atoms with Crippen molar-refractivity contribution in [1.82, 2.24) is 0 Å². The Morgan fingerprint density at radius 1 is 1.09 bits per heavy atom. The number of nitrogens with zero attached hydrogens (tertiary/aromatic N) is 1. The molecule has 0 bridgehead atoms. The summed E-state index contributed by atoms with van der Waals surface area (Å²) >= 11 is 12.2. The van der Waals surface area contributed by atoms with Gasteiger partial charge in [0.2, 0.25) is 0 Å². The first-order chi connectivity index (χ1) is 15.4. The Hall–Kier alpha value is -3.46. The third-order valence-electron chi connectivity index (χ3n) is 4.50. The van der Waals surface area contributed by atoms with Crippen LogP contribution in [0.3, 0.4) is 0 Å². The second-order valence-corrected chi connectivity index (χ2v) is 7.75. The lowest BCUT2D eigenvalue weighted by atomic mass is 10.0. The summed E-state index contributed by atoms with van der Waals surface area (Å²) in [6.45, 7) is 1.77. The largest absolute Gasteiger partial charge is 0.493 e. The van der Waals surface area contributed by atoms with Crippen molar-refractivity contribution in [2.75, 3.05) is 19.0 Å².